The van der Waals surface area contributed by atoms with Crippen LogP contribution in [0.1, 0.15) is 18.4 Å². The molecule has 0 spiro atoms. The number of hydrogen-bond donors (Lipinski definition) is 1. The molecule has 1 amide bonds. The monoisotopic (exact) mass is 293 g/mol. The van der Waals surface area contributed by atoms with E-state index in [2.05, 4.69) is 17.0 Å². The molecule has 1 aromatic rings. The minimum atomic E-state index is 0.126. The molecule has 20 heavy (non-hydrogen) atoms. The molecule has 4 nitrogen and oxygen atoms in total. The van der Waals surface area contributed by atoms with Gasteiger partial charge in [0.25, 0.3) is 0 Å². The predicted octanol–water partition coefficient (Wildman–Crippen LogP) is 1.64. The highest BCUT2D eigenvalue weighted by molar-refractivity contribution is 7.80. The first-order valence-corrected chi connectivity index (χ1v) is 7.14. The summed E-state index contributed by atoms with van der Waals surface area (Å²) in [5, 5.41) is 0. The number of thiocarbonyl (C=S) groups is 1. The smallest absolute Gasteiger partial charge is 0.223 e. The normalized spacial score (nSPS) is 10.6. The summed E-state index contributed by atoms with van der Waals surface area (Å²) in [7, 11) is 3.81. The first-order chi connectivity index (χ1) is 9.49. The fourth-order valence-corrected chi connectivity index (χ4v) is 1.95. The summed E-state index contributed by atoms with van der Waals surface area (Å²) in [5.74, 6) is 0.126. The first-order valence-electron chi connectivity index (χ1n) is 6.73. The Morgan fingerprint density at radius 2 is 1.80 bits per heavy atom. The zero-order chi connectivity index (χ0) is 15.0. The molecule has 0 aromatic heterocycles. The van der Waals surface area contributed by atoms with E-state index in [0.29, 0.717) is 24.4 Å². The fraction of sp³-hybridized carbons (Fsp3) is 0.467. The van der Waals surface area contributed by atoms with E-state index in [4.69, 9.17) is 18.0 Å². The van der Waals surface area contributed by atoms with Crippen molar-refractivity contribution in [2.75, 3.05) is 27.2 Å². The van der Waals surface area contributed by atoms with Crippen LogP contribution in [0.4, 0.5) is 0 Å². The maximum absolute atomic E-state index is 11.9. The summed E-state index contributed by atoms with van der Waals surface area (Å²) < 4.78 is 0. The third kappa shape index (κ3) is 6.63. The highest BCUT2D eigenvalue weighted by Gasteiger charge is 2.10. The van der Waals surface area contributed by atoms with Crippen molar-refractivity contribution in [3.63, 3.8) is 0 Å². The number of carbonyl (C=O) groups excluding carboxylic acids is 1. The predicted molar refractivity (Wildman–Crippen MR) is 86.4 cm³/mol. The molecule has 1 rings (SSSR count). The Labute approximate surface area is 126 Å². The van der Waals surface area contributed by atoms with Gasteiger partial charge in [0.05, 0.1) is 4.99 Å². The lowest BCUT2D eigenvalue weighted by atomic mass is 10.2. The molecule has 0 aliphatic rings. The Kier molecular flexibility index (Phi) is 7.18. The van der Waals surface area contributed by atoms with Gasteiger partial charge in [-0.2, -0.15) is 0 Å². The van der Waals surface area contributed by atoms with Crippen LogP contribution in [0.15, 0.2) is 30.3 Å². The Balaban J connectivity index is 2.28. The van der Waals surface area contributed by atoms with Gasteiger partial charge in [0.15, 0.2) is 0 Å². The van der Waals surface area contributed by atoms with Gasteiger partial charge in [-0.1, -0.05) is 42.5 Å². The fourth-order valence-electron chi connectivity index (χ4n) is 1.85. The molecule has 0 bridgehead atoms. The van der Waals surface area contributed by atoms with Crippen LogP contribution in [0.5, 0.6) is 0 Å². The third-order valence-corrected chi connectivity index (χ3v) is 3.33. The van der Waals surface area contributed by atoms with E-state index in [9.17, 15) is 4.79 Å². The van der Waals surface area contributed by atoms with Crippen LogP contribution < -0.4 is 5.73 Å². The second kappa shape index (κ2) is 8.66. The van der Waals surface area contributed by atoms with Gasteiger partial charge in [-0.3, -0.25) is 4.79 Å². The van der Waals surface area contributed by atoms with Crippen molar-refractivity contribution in [3.05, 3.63) is 35.9 Å². The Morgan fingerprint density at radius 1 is 1.15 bits per heavy atom. The molecular weight excluding hydrogens is 270 g/mol. The van der Waals surface area contributed by atoms with Crippen LogP contribution in [0.3, 0.4) is 0 Å². The van der Waals surface area contributed by atoms with Crippen LogP contribution in [-0.2, 0) is 11.3 Å². The van der Waals surface area contributed by atoms with Gasteiger partial charge in [0.2, 0.25) is 5.91 Å². The number of nitrogens with zero attached hydrogens (tertiary/aromatic N) is 2. The summed E-state index contributed by atoms with van der Waals surface area (Å²) >= 11 is 4.81. The Hall–Kier alpha value is -1.46. The van der Waals surface area contributed by atoms with Crippen LogP contribution >= 0.6 is 12.2 Å². The standard InChI is InChI=1S/C15H23N3OS/c1-17(12-13-6-4-3-5-7-13)10-9-15(19)18(2)11-8-14(16)20/h3-7H,8-12H2,1-2H3,(H2,16,20). The molecule has 5 heteroatoms. The lowest BCUT2D eigenvalue weighted by molar-refractivity contribution is -0.130. The van der Waals surface area contributed by atoms with Crippen LogP contribution in [0.2, 0.25) is 0 Å². The van der Waals surface area contributed by atoms with Crippen LogP contribution in [-0.4, -0.2) is 47.9 Å². The largest absolute Gasteiger partial charge is 0.393 e. The number of rotatable bonds is 8. The molecule has 1 aromatic carbocycles. The van der Waals surface area contributed by atoms with Gasteiger partial charge in [-0.05, 0) is 12.6 Å². The van der Waals surface area contributed by atoms with Crippen molar-refractivity contribution in [1.29, 1.82) is 0 Å². The van der Waals surface area contributed by atoms with E-state index in [1.807, 2.05) is 25.2 Å². The number of carbonyl (C=O) groups is 1. The number of nitrogens with two attached hydrogens (primary N) is 1. The SMILES string of the molecule is CN(CCC(=O)N(C)CCC(N)=S)Cc1ccccc1. The number of hydrogen-bond acceptors (Lipinski definition) is 3. The molecule has 0 unspecified atom stereocenters. The highest BCUT2D eigenvalue weighted by atomic mass is 32.1. The van der Waals surface area contributed by atoms with Crippen LogP contribution in [0, 0.1) is 0 Å². The molecule has 0 atom stereocenters. The summed E-state index contributed by atoms with van der Waals surface area (Å²) in [5.41, 5.74) is 6.69. The van der Waals surface area contributed by atoms with Crippen molar-refractivity contribution in [1.82, 2.24) is 9.80 Å². The molecule has 110 valence electrons. The number of benzene rings is 1. The van der Waals surface area contributed by atoms with Crippen molar-refractivity contribution in [2.45, 2.75) is 19.4 Å². The van der Waals surface area contributed by atoms with E-state index in [1.54, 1.807) is 11.9 Å². The topological polar surface area (TPSA) is 49.6 Å². The molecular formula is C15H23N3OS. The minimum Gasteiger partial charge on any atom is -0.393 e. The van der Waals surface area contributed by atoms with Gasteiger partial charge in [-0.25, -0.2) is 0 Å². The second-order valence-corrected chi connectivity index (χ2v) is 5.53. The number of amides is 1. The Bertz CT molecular complexity index is 436. The van der Waals surface area contributed by atoms with E-state index < -0.39 is 0 Å². The molecule has 0 radical (unpaired) electrons. The zero-order valence-electron chi connectivity index (χ0n) is 12.2. The summed E-state index contributed by atoms with van der Waals surface area (Å²) in [6, 6.07) is 10.2. The average Bonchev–Trinajstić information content (AvgIpc) is 2.43. The molecule has 0 saturated carbocycles. The Morgan fingerprint density at radius 3 is 2.40 bits per heavy atom. The van der Waals surface area contributed by atoms with Gasteiger partial charge in [0.1, 0.15) is 0 Å². The summed E-state index contributed by atoms with van der Waals surface area (Å²) in [6.45, 7) is 2.19. The summed E-state index contributed by atoms with van der Waals surface area (Å²) in [6.07, 6.45) is 1.09. The molecule has 0 heterocycles. The van der Waals surface area contributed by atoms with Crippen molar-refractivity contribution in [3.8, 4) is 0 Å². The van der Waals surface area contributed by atoms with Crippen molar-refractivity contribution >= 4 is 23.1 Å². The molecule has 2 N–H and O–H groups in total. The van der Waals surface area contributed by atoms with Gasteiger partial charge in [-0.15, -0.1) is 0 Å². The van der Waals surface area contributed by atoms with Gasteiger partial charge in [0, 0.05) is 39.5 Å². The maximum atomic E-state index is 11.9. The first kappa shape index (κ1) is 16.6. The molecule has 0 aliphatic carbocycles. The lowest BCUT2D eigenvalue weighted by Gasteiger charge is -2.20. The minimum absolute atomic E-state index is 0.126. The van der Waals surface area contributed by atoms with Crippen molar-refractivity contribution in [2.24, 2.45) is 5.73 Å². The molecule has 0 saturated heterocycles. The quantitative estimate of drug-likeness (QED) is 0.740. The maximum Gasteiger partial charge on any atom is 0.223 e. The second-order valence-electron chi connectivity index (χ2n) is 5.00. The van der Waals surface area contributed by atoms with Gasteiger partial charge >= 0.3 is 0 Å². The van der Waals surface area contributed by atoms with E-state index in [1.165, 1.54) is 5.56 Å². The lowest BCUT2D eigenvalue weighted by Crippen LogP contribution is -2.32. The van der Waals surface area contributed by atoms with Gasteiger partial charge < -0.3 is 15.5 Å². The summed E-state index contributed by atoms with van der Waals surface area (Å²) in [4.78, 5) is 16.2. The third-order valence-electron chi connectivity index (χ3n) is 3.12. The molecule has 0 aliphatic heterocycles. The zero-order valence-corrected chi connectivity index (χ0v) is 13.0. The van der Waals surface area contributed by atoms with E-state index >= 15 is 0 Å². The van der Waals surface area contributed by atoms with E-state index in [-0.39, 0.29) is 5.91 Å². The highest BCUT2D eigenvalue weighted by Crippen LogP contribution is 2.03. The van der Waals surface area contributed by atoms with Crippen molar-refractivity contribution < 1.29 is 4.79 Å². The van der Waals surface area contributed by atoms with E-state index in [0.717, 1.165) is 13.1 Å². The molecule has 0 fully saturated rings. The average molecular weight is 293 g/mol. The van der Waals surface area contributed by atoms with Crippen LogP contribution in [0.25, 0.3) is 0 Å².